The normalized spacial score (nSPS) is 12.2. The summed E-state index contributed by atoms with van der Waals surface area (Å²) in [6.07, 6.45) is 0. The molecule has 0 radical (unpaired) electrons. The molecule has 15 aromatic rings. The van der Waals surface area contributed by atoms with Gasteiger partial charge in [0.15, 0.2) is 17.5 Å². The van der Waals surface area contributed by atoms with E-state index in [4.69, 9.17) is 19.4 Å². The van der Waals surface area contributed by atoms with E-state index in [1.54, 1.807) is 11.3 Å². The van der Waals surface area contributed by atoms with E-state index in [0.717, 1.165) is 81.6 Å². The molecule has 5 nitrogen and oxygen atoms in total. The number of hydrogen-bond donors (Lipinski definition) is 0. The van der Waals surface area contributed by atoms with Crippen molar-refractivity contribution in [3.63, 3.8) is 0 Å². The zero-order chi connectivity index (χ0) is 43.7. The fourth-order valence-electron chi connectivity index (χ4n) is 10.6. The minimum atomic E-state index is 0.534. The van der Waals surface area contributed by atoms with Crippen molar-refractivity contribution in [3.05, 3.63) is 206 Å². The lowest BCUT2D eigenvalue weighted by Gasteiger charge is -2.16. The third-order valence-electron chi connectivity index (χ3n) is 13.8. The van der Waals surface area contributed by atoms with Gasteiger partial charge in [-0.2, -0.15) is 0 Å². The highest BCUT2D eigenvalue weighted by molar-refractivity contribution is 7.26. The third kappa shape index (κ3) is 5.45. The monoisotopic (exact) mass is 870 g/mol. The molecule has 0 atom stereocenters. The molecule has 0 fully saturated rings. The number of fused-ring (bicyclic) bond motifs is 14. The van der Waals surface area contributed by atoms with Crippen LogP contribution in [0.4, 0.5) is 0 Å². The van der Waals surface area contributed by atoms with Crippen molar-refractivity contribution < 1.29 is 4.42 Å². The predicted octanol–water partition coefficient (Wildman–Crippen LogP) is 16.8. The lowest BCUT2D eigenvalue weighted by Crippen LogP contribution is -2.04. The minimum absolute atomic E-state index is 0.534. The fraction of sp³-hybridized carbons (Fsp3) is 0. The van der Waals surface area contributed by atoms with Crippen LogP contribution in [0.15, 0.2) is 211 Å². The van der Waals surface area contributed by atoms with Crippen molar-refractivity contribution in [1.29, 1.82) is 0 Å². The van der Waals surface area contributed by atoms with Gasteiger partial charge in [-0.15, -0.1) is 11.3 Å². The lowest BCUT2D eigenvalue weighted by molar-refractivity contribution is 0.669. The van der Waals surface area contributed by atoms with Crippen LogP contribution >= 0.6 is 11.3 Å². The molecule has 0 amide bonds. The second-order valence-electron chi connectivity index (χ2n) is 17.5. The molecule has 4 aromatic heterocycles. The number of hydrogen-bond acceptors (Lipinski definition) is 5. The minimum Gasteiger partial charge on any atom is -0.455 e. The van der Waals surface area contributed by atoms with Gasteiger partial charge in [-0.3, -0.25) is 0 Å². The van der Waals surface area contributed by atoms with E-state index in [2.05, 4.69) is 211 Å². The molecule has 67 heavy (non-hydrogen) atoms. The third-order valence-corrected chi connectivity index (χ3v) is 15.0. The van der Waals surface area contributed by atoms with Crippen LogP contribution in [0.2, 0.25) is 0 Å². The van der Waals surface area contributed by atoms with Gasteiger partial charge in [-0.05, 0) is 104 Å². The van der Waals surface area contributed by atoms with E-state index in [0.29, 0.717) is 17.5 Å². The standard InChI is InChI=1S/C61H34N4OS/c1-2-14-37-30-42(25-24-35(37)12-1)59-62-60(47-22-11-21-45-44-20-9-10-23-54(44)67-58(45)47)64-61(63-59)56-50(28-27-46-55-43-19-8-7-13-36(43)26-29-53(55)66-57(46)56)65-51-33-40-17-5-3-15-38(40)31-48(51)49-32-39-16-4-6-18-41(39)34-52(49)65/h1-34H. The van der Waals surface area contributed by atoms with Gasteiger partial charge in [0.25, 0.3) is 0 Å². The van der Waals surface area contributed by atoms with Crippen molar-refractivity contribution in [2.24, 2.45) is 0 Å². The Morgan fingerprint density at radius 3 is 1.72 bits per heavy atom. The quantitative estimate of drug-likeness (QED) is 0.177. The summed E-state index contributed by atoms with van der Waals surface area (Å²) in [6, 6.07) is 73.9. The van der Waals surface area contributed by atoms with Gasteiger partial charge >= 0.3 is 0 Å². The van der Waals surface area contributed by atoms with Crippen LogP contribution < -0.4 is 0 Å². The molecule has 0 aliphatic heterocycles. The SMILES string of the molecule is c1ccc2cc(-c3nc(-c4c(-n5c6cc7ccccc7cc6c6cc7ccccc7cc65)ccc5c4oc4ccc6ccccc6c45)nc(-c4cccc5c4sc4ccccc45)n3)ccc2c1. The number of rotatable bonds is 4. The van der Waals surface area contributed by atoms with Gasteiger partial charge in [0.2, 0.25) is 0 Å². The van der Waals surface area contributed by atoms with Crippen LogP contribution in [0.5, 0.6) is 0 Å². The summed E-state index contributed by atoms with van der Waals surface area (Å²) in [4.78, 5) is 16.6. The summed E-state index contributed by atoms with van der Waals surface area (Å²) in [7, 11) is 0. The number of benzene rings is 11. The second kappa shape index (κ2) is 13.9. The molecular weight excluding hydrogens is 837 g/mol. The number of aromatic nitrogens is 4. The first-order valence-corrected chi connectivity index (χ1v) is 23.4. The molecule has 11 aromatic carbocycles. The predicted molar refractivity (Wildman–Crippen MR) is 281 cm³/mol. The molecule has 0 aliphatic carbocycles. The Morgan fingerprint density at radius 1 is 0.388 bits per heavy atom. The Morgan fingerprint density at radius 2 is 0.970 bits per heavy atom. The van der Waals surface area contributed by atoms with Crippen LogP contribution in [-0.2, 0) is 0 Å². The van der Waals surface area contributed by atoms with Gasteiger partial charge < -0.3 is 8.98 Å². The first-order chi connectivity index (χ1) is 33.2. The maximum absolute atomic E-state index is 7.20. The van der Waals surface area contributed by atoms with Gasteiger partial charge in [0, 0.05) is 52.8 Å². The van der Waals surface area contributed by atoms with Crippen molar-refractivity contribution >= 4 is 118 Å². The molecule has 0 aliphatic rings. The second-order valence-corrected chi connectivity index (χ2v) is 18.6. The summed E-state index contributed by atoms with van der Waals surface area (Å²) in [5, 5.41) is 16.1. The van der Waals surface area contributed by atoms with Crippen molar-refractivity contribution in [3.8, 4) is 39.9 Å². The Hall–Kier alpha value is -8.71. The maximum atomic E-state index is 7.20. The summed E-state index contributed by atoms with van der Waals surface area (Å²) >= 11 is 1.78. The Kier molecular flexibility index (Phi) is 7.59. The fourth-order valence-corrected chi connectivity index (χ4v) is 11.8. The Balaban J connectivity index is 1.11. The molecule has 310 valence electrons. The van der Waals surface area contributed by atoms with Crippen LogP contribution in [0.25, 0.3) is 147 Å². The molecule has 0 saturated carbocycles. The van der Waals surface area contributed by atoms with E-state index in [-0.39, 0.29) is 0 Å². The molecule has 0 spiro atoms. The molecular formula is C61H34N4OS. The Bertz CT molecular complexity index is 4500. The van der Waals surface area contributed by atoms with E-state index in [1.165, 1.54) is 47.8 Å². The molecule has 0 bridgehead atoms. The topological polar surface area (TPSA) is 56.7 Å². The highest BCUT2D eigenvalue weighted by atomic mass is 32.1. The van der Waals surface area contributed by atoms with Crippen molar-refractivity contribution in [2.75, 3.05) is 0 Å². The molecule has 0 N–H and O–H groups in total. The highest BCUT2D eigenvalue weighted by Crippen LogP contribution is 2.46. The number of thiophene rings is 1. The van der Waals surface area contributed by atoms with Gasteiger partial charge in [0.05, 0.1) is 22.3 Å². The van der Waals surface area contributed by atoms with E-state index in [1.807, 2.05) is 0 Å². The Labute approximate surface area is 386 Å². The smallest absolute Gasteiger partial charge is 0.170 e. The first-order valence-electron chi connectivity index (χ1n) is 22.6. The number of nitrogens with zero attached hydrogens (tertiary/aromatic N) is 4. The van der Waals surface area contributed by atoms with E-state index >= 15 is 0 Å². The largest absolute Gasteiger partial charge is 0.455 e. The summed E-state index contributed by atoms with van der Waals surface area (Å²) in [5.74, 6) is 1.73. The van der Waals surface area contributed by atoms with Gasteiger partial charge in [-0.25, -0.2) is 15.0 Å². The average Bonchev–Trinajstić information content (AvgIpc) is 4.06. The zero-order valence-corrected chi connectivity index (χ0v) is 36.6. The van der Waals surface area contributed by atoms with Crippen LogP contribution in [-0.4, -0.2) is 19.5 Å². The van der Waals surface area contributed by atoms with Gasteiger partial charge in [-0.1, -0.05) is 146 Å². The molecule has 4 heterocycles. The maximum Gasteiger partial charge on any atom is 0.170 e. The van der Waals surface area contributed by atoms with Crippen LogP contribution in [0, 0.1) is 0 Å². The van der Waals surface area contributed by atoms with Gasteiger partial charge in [0.1, 0.15) is 11.2 Å². The number of furan rings is 1. The summed E-state index contributed by atoms with van der Waals surface area (Å²) in [5.41, 5.74) is 7.30. The average molecular weight is 871 g/mol. The van der Waals surface area contributed by atoms with Crippen LogP contribution in [0.3, 0.4) is 0 Å². The molecule has 0 saturated heterocycles. The first kappa shape index (κ1) is 36.6. The summed E-state index contributed by atoms with van der Waals surface area (Å²) < 4.78 is 12.0. The molecule has 15 rings (SSSR count). The molecule has 6 heteroatoms. The van der Waals surface area contributed by atoms with Crippen molar-refractivity contribution in [2.45, 2.75) is 0 Å². The van der Waals surface area contributed by atoms with E-state index < -0.39 is 0 Å². The summed E-state index contributed by atoms with van der Waals surface area (Å²) in [6.45, 7) is 0. The van der Waals surface area contributed by atoms with E-state index in [9.17, 15) is 0 Å². The molecule has 0 unspecified atom stereocenters. The van der Waals surface area contributed by atoms with Crippen molar-refractivity contribution in [1.82, 2.24) is 19.5 Å². The van der Waals surface area contributed by atoms with Crippen LogP contribution in [0.1, 0.15) is 0 Å². The lowest BCUT2D eigenvalue weighted by atomic mass is 10.0. The zero-order valence-electron chi connectivity index (χ0n) is 35.7. The highest BCUT2D eigenvalue weighted by Gasteiger charge is 2.26.